The highest BCUT2D eigenvalue weighted by atomic mass is 16.5. The predicted molar refractivity (Wildman–Crippen MR) is 83.1 cm³/mol. The SMILES string of the molecule is CCCOc1ncnc(NCCCN(CC)CC)c1N. The van der Waals surface area contributed by atoms with Crippen molar-refractivity contribution in [1.82, 2.24) is 14.9 Å². The van der Waals surface area contributed by atoms with Crippen LogP contribution in [0.25, 0.3) is 0 Å². The van der Waals surface area contributed by atoms with Gasteiger partial charge >= 0.3 is 0 Å². The molecule has 0 bridgehead atoms. The molecule has 0 saturated carbocycles. The van der Waals surface area contributed by atoms with Crippen molar-refractivity contribution in [1.29, 1.82) is 0 Å². The summed E-state index contributed by atoms with van der Waals surface area (Å²) in [5.41, 5.74) is 6.49. The largest absolute Gasteiger partial charge is 0.476 e. The Morgan fingerprint density at radius 3 is 2.65 bits per heavy atom. The molecule has 0 aromatic carbocycles. The molecule has 0 radical (unpaired) electrons. The Morgan fingerprint density at radius 1 is 1.25 bits per heavy atom. The van der Waals surface area contributed by atoms with Crippen molar-refractivity contribution in [2.45, 2.75) is 33.6 Å². The molecule has 1 heterocycles. The van der Waals surface area contributed by atoms with Gasteiger partial charge in [-0.25, -0.2) is 4.98 Å². The predicted octanol–water partition coefficient (Wildman–Crippen LogP) is 1.99. The number of ether oxygens (including phenoxy) is 1. The minimum atomic E-state index is 0.466. The molecule has 0 unspecified atom stereocenters. The number of nitrogen functional groups attached to an aromatic ring is 1. The fourth-order valence-electron chi connectivity index (χ4n) is 1.88. The molecule has 0 aliphatic carbocycles. The lowest BCUT2D eigenvalue weighted by atomic mass is 10.3. The van der Waals surface area contributed by atoms with Crippen LogP contribution in [0.3, 0.4) is 0 Å². The van der Waals surface area contributed by atoms with E-state index in [0.717, 1.165) is 39.0 Å². The van der Waals surface area contributed by atoms with Gasteiger partial charge in [-0.05, 0) is 32.5 Å². The van der Waals surface area contributed by atoms with Gasteiger partial charge in [0.15, 0.2) is 5.82 Å². The zero-order valence-corrected chi connectivity index (χ0v) is 12.9. The molecule has 20 heavy (non-hydrogen) atoms. The Kier molecular flexibility index (Phi) is 7.72. The molecule has 1 aromatic heterocycles. The number of nitrogens with two attached hydrogens (primary N) is 1. The third kappa shape index (κ3) is 5.21. The molecular formula is C14H27N5O. The fourth-order valence-corrected chi connectivity index (χ4v) is 1.88. The van der Waals surface area contributed by atoms with Crippen molar-refractivity contribution in [3.05, 3.63) is 6.33 Å². The third-order valence-electron chi connectivity index (χ3n) is 3.13. The lowest BCUT2D eigenvalue weighted by molar-refractivity contribution is 0.302. The summed E-state index contributed by atoms with van der Waals surface area (Å²) in [5, 5.41) is 3.25. The fraction of sp³-hybridized carbons (Fsp3) is 0.714. The average molecular weight is 281 g/mol. The lowest BCUT2D eigenvalue weighted by Gasteiger charge is -2.18. The molecule has 1 rings (SSSR count). The smallest absolute Gasteiger partial charge is 0.242 e. The third-order valence-corrected chi connectivity index (χ3v) is 3.13. The molecule has 0 amide bonds. The van der Waals surface area contributed by atoms with E-state index in [0.29, 0.717) is 24.0 Å². The maximum Gasteiger partial charge on any atom is 0.242 e. The van der Waals surface area contributed by atoms with E-state index in [1.807, 2.05) is 6.92 Å². The van der Waals surface area contributed by atoms with E-state index in [1.165, 1.54) is 6.33 Å². The number of nitrogens with zero attached hydrogens (tertiary/aromatic N) is 3. The maximum absolute atomic E-state index is 6.00. The Balaban J connectivity index is 2.43. The topological polar surface area (TPSA) is 76.3 Å². The van der Waals surface area contributed by atoms with Crippen LogP contribution < -0.4 is 15.8 Å². The van der Waals surface area contributed by atoms with E-state index in [-0.39, 0.29) is 0 Å². The standard InChI is InChI=1S/C14H27N5O/c1-4-10-20-14-12(15)13(17-11-18-14)16-8-7-9-19(5-2)6-3/h11H,4-10,15H2,1-3H3,(H,16,17,18). The second-order valence-corrected chi connectivity index (χ2v) is 4.60. The highest BCUT2D eigenvalue weighted by Crippen LogP contribution is 2.24. The van der Waals surface area contributed by atoms with Crippen LogP contribution in [-0.2, 0) is 0 Å². The van der Waals surface area contributed by atoms with Gasteiger partial charge in [0, 0.05) is 6.54 Å². The monoisotopic (exact) mass is 281 g/mol. The van der Waals surface area contributed by atoms with Crippen LogP contribution in [0, 0.1) is 0 Å². The lowest BCUT2D eigenvalue weighted by Crippen LogP contribution is -2.25. The minimum Gasteiger partial charge on any atom is -0.476 e. The van der Waals surface area contributed by atoms with Gasteiger partial charge < -0.3 is 20.7 Å². The van der Waals surface area contributed by atoms with Crippen LogP contribution in [0.5, 0.6) is 5.88 Å². The molecule has 0 aliphatic rings. The van der Waals surface area contributed by atoms with Crippen molar-refractivity contribution in [3.63, 3.8) is 0 Å². The second kappa shape index (κ2) is 9.36. The first-order valence-corrected chi connectivity index (χ1v) is 7.42. The summed E-state index contributed by atoms with van der Waals surface area (Å²) >= 11 is 0. The van der Waals surface area contributed by atoms with Gasteiger partial charge in [-0.2, -0.15) is 4.98 Å². The molecule has 1 aromatic rings. The van der Waals surface area contributed by atoms with Gasteiger partial charge in [0.05, 0.1) is 6.61 Å². The van der Waals surface area contributed by atoms with Crippen molar-refractivity contribution in [2.75, 3.05) is 43.8 Å². The van der Waals surface area contributed by atoms with Gasteiger partial charge in [-0.3, -0.25) is 0 Å². The van der Waals surface area contributed by atoms with E-state index in [1.54, 1.807) is 0 Å². The average Bonchev–Trinajstić information content (AvgIpc) is 2.47. The Labute approximate surface area is 121 Å². The van der Waals surface area contributed by atoms with Crippen LogP contribution in [0.15, 0.2) is 6.33 Å². The molecule has 6 heteroatoms. The van der Waals surface area contributed by atoms with Crippen LogP contribution in [0.1, 0.15) is 33.6 Å². The van der Waals surface area contributed by atoms with Crippen LogP contribution in [0.4, 0.5) is 11.5 Å². The summed E-state index contributed by atoms with van der Waals surface area (Å²) in [7, 11) is 0. The molecule has 0 fully saturated rings. The van der Waals surface area contributed by atoms with Crippen molar-refractivity contribution < 1.29 is 4.74 Å². The van der Waals surface area contributed by atoms with E-state index in [2.05, 4.69) is 34.0 Å². The number of hydrogen-bond donors (Lipinski definition) is 2. The summed E-state index contributed by atoms with van der Waals surface area (Å²) in [6.07, 6.45) is 3.46. The zero-order valence-electron chi connectivity index (χ0n) is 12.9. The van der Waals surface area contributed by atoms with Crippen molar-refractivity contribution >= 4 is 11.5 Å². The number of nitrogens with one attached hydrogen (secondary N) is 1. The molecule has 0 saturated heterocycles. The van der Waals surface area contributed by atoms with Gasteiger partial charge in [0.25, 0.3) is 0 Å². The quantitative estimate of drug-likeness (QED) is 0.639. The molecule has 0 atom stereocenters. The summed E-state index contributed by atoms with van der Waals surface area (Å²) in [6.45, 7) is 11.1. The van der Waals surface area contributed by atoms with E-state index in [9.17, 15) is 0 Å². The number of anilines is 2. The molecule has 0 aliphatic heterocycles. The minimum absolute atomic E-state index is 0.466. The van der Waals surface area contributed by atoms with Crippen LogP contribution in [-0.4, -0.2) is 47.7 Å². The Bertz CT molecular complexity index is 382. The first-order chi connectivity index (χ1) is 9.72. The zero-order chi connectivity index (χ0) is 14.8. The number of rotatable bonds is 10. The first-order valence-electron chi connectivity index (χ1n) is 7.42. The summed E-state index contributed by atoms with van der Waals surface area (Å²) < 4.78 is 5.48. The van der Waals surface area contributed by atoms with Crippen LogP contribution in [0.2, 0.25) is 0 Å². The first kappa shape index (κ1) is 16.5. The van der Waals surface area contributed by atoms with E-state index < -0.39 is 0 Å². The Morgan fingerprint density at radius 2 is 2.00 bits per heavy atom. The van der Waals surface area contributed by atoms with Gasteiger partial charge in [-0.1, -0.05) is 20.8 Å². The molecule has 3 N–H and O–H groups in total. The van der Waals surface area contributed by atoms with Gasteiger partial charge in [0.2, 0.25) is 5.88 Å². The normalized spacial score (nSPS) is 10.8. The molecular weight excluding hydrogens is 254 g/mol. The highest BCUT2D eigenvalue weighted by molar-refractivity contribution is 5.66. The van der Waals surface area contributed by atoms with Crippen molar-refractivity contribution in [2.24, 2.45) is 0 Å². The number of aromatic nitrogens is 2. The van der Waals surface area contributed by atoms with Crippen LogP contribution >= 0.6 is 0 Å². The number of hydrogen-bond acceptors (Lipinski definition) is 6. The van der Waals surface area contributed by atoms with Crippen molar-refractivity contribution in [3.8, 4) is 5.88 Å². The second-order valence-electron chi connectivity index (χ2n) is 4.60. The summed E-state index contributed by atoms with van der Waals surface area (Å²) in [5.74, 6) is 1.12. The molecule has 6 nitrogen and oxygen atoms in total. The molecule has 0 spiro atoms. The van der Waals surface area contributed by atoms with E-state index in [4.69, 9.17) is 10.5 Å². The summed E-state index contributed by atoms with van der Waals surface area (Å²) in [4.78, 5) is 10.6. The van der Waals surface area contributed by atoms with E-state index >= 15 is 0 Å². The molecule has 114 valence electrons. The Hall–Kier alpha value is -1.56. The maximum atomic E-state index is 6.00. The van der Waals surface area contributed by atoms with Gasteiger partial charge in [-0.15, -0.1) is 0 Å². The highest BCUT2D eigenvalue weighted by Gasteiger charge is 2.08. The van der Waals surface area contributed by atoms with Gasteiger partial charge in [0.1, 0.15) is 12.0 Å². The summed E-state index contributed by atoms with van der Waals surface area (Å²) in [6, 6.07) is 0.